The number of carbonyl (C=O) groups excluding carboxylic acids is 2. The third kappa shape index (κ3) is 2.04. The number of halogens is 1. The van der Waals surface area contributed by atoms with Gasteiger partial charge in [-0.25, -0.2) is 0 Å². The predicted octanol–water partition coefficient (Wildman–Crippen LogP) is 2.12. The molecule has 8 atom stereocenters. The Labute approximate surface area is 173 Å². The van der Waals surface area contributed by atoms with E-state index in [-0.39, 0.29) is 29.4 Å². The molecule has 1 spiro atoms. The summed E-state index contributed by atoms with van der Waals surface area (Å²) in [4.78, 5) is 26.5. The van der Waals surface area contributed by atoms with E-state index >= 15 is 0 Å². The third-order valence-electron chi connectivity index (χ3n) is 8.85. The van der Waals surface area contributed by atoms with Crippen LogP contribution >= 0.6 is 15.9 Å². The maximum absolute atomic E-state index is 13.5. The predicted molar refractivity (Wildman–Crippen MR) is 108 cm³/mol. The van der Waals surface area contributed by atoms with Crippen LogP contribution in [0.3, 0.4) is 0 Å². The lowest BCUT2D eigenvalue weighted by molar-refractivity contribution is -0.141. The van der Waals surface area contributed by atoms with Crippen LogP contribution in [0.2, 0.25) is 0 Å². The Balaban J connectivity index is 1.68. The minimum atomic E-state index is -0.917. The number of aliphatic hydroxyl groups is 2. The summed E-state index contributed by atoms with van der Waals surface area (Å²) in [7, 11) is 0. The first-order chi connectivity index (χ1) is 13.2. The van der Waals surface area contributed by atoms with Crippen LogP contribution in [0, 0.1) is 34.5 Å². The first-order valence-electron chi connectivity index (χ1n) is 10.4. The molecule has 5 aliphatic carbocycles. The van der Waals surface area contributed by atoms with Crippen molar-refractivity contribution in [2.45, 2.75) is 50.7 Å². The number of fused-ring (bicyclic) bond motifs is 6. The van der Waals surface area contributed by atoms with Gasteiger partial charge in [-0.2, -0.15) is 0 Å². The third-order valence-corrected chi connectivity index (χ3v) is 9.24. The molecular formula is C22H28BrNO4. The van der Waals surface area contributed by atoms with Crippen molar-refractivity contribution in [1.82, 2.24) is 5.32 Å². The van der Waals surface area contributed by atoms with Gasteiger partial charge in [-0.05, 0) is 49.5 Å². The van der Waals surface area contributed by atoms with Crippen LogP contribution in [0.25, 0.3) is 0 Å². The van der Waals surface area contributed by atoms with Crippen molar-refractivity contribution in [1.29, 1.82) is 0 Å². The van der Waals surface area contributed by atoms with Gasteiger partial charge >= 0.3 is 0 Å². The number of alkyl halides is 1. The van der Waals surface area contributed by atoms with Gasteiger partial charge in [-0.15, -0.1) is 0 Å². The molecule has 3 N–H and O–H groups in total. The molecule has 28 heavy (non-hydrogen) atoms. The summed E-state index contributed by atoms with van der Waals surface area (Å²) in [5.41, 5.74) is -0.195. The Kier molecular flexibility index (Phi) is 3.93. The number of amides is 1. The maximum atomic E-state index is 13.5. The summed E-state index contributed by atoms with van der Waals surface area (Å²) >= 11 is 3.37. The Hall–Kier alpha value is -0.980. The molecular weight excluding hydrogens is 422 g/mol. The van der Waals surface area contributed by atoms with E-state index in [0.29, 0.717) is 37.6 Å². The number of allylic oxidation sites excluding steroid dienone is 1. The summed E-state index contributed by atoms with van der Waals surface area (Å²) < 4.78 is 0. The van der Waals surface area contributed by atoms with Gasteiger partial charge in [0.2, 0.25) is 5.91 Å². The molecule has 0 aliphatic heterocycles. The van der Waals surface area contributed by atoms with Gasteiger partial charge in [0.15, 0.2) is 0 Å². The van der Waals surface area contributed by atoms with Gasteiger partial charge < -0.3 is 15.5 Å². The molecule has 4 fully saturated rings. The number of carbonyl (C=O) groups is 2. The molecule has 4 saturated carbocycles. The van der Waals surface area contributed by atoms with E-state index in [2.05, 4.69) is 33.9 Å². The Morgan fingerprint density at radius 1 is 1.46 bits per heavy atom. The molecule has 0 saturated heterocycles. The number of nitrogens with one attached hydrogen (secondary N) is 1. The minimum absolute atomic E-state index is 0.0524. The zero-order valence-electron chi connectivity index (χ0n) is 16.2. The highest BCUT2D eigenvalue weighted by molar-refractivity contribution is 9.09. The van der Waals surface area contributed by atoms with Crippen molar-refractivity contribution >= 4 is 27.6 Å². The van der Waals surface area contributed by atoms with Gasteiger partial charge in [0.1, 0.15) is 5.78 Å². The molecule has 1 unspecified atom stereocenters. The smallest absolute Gasteiger partial charge is 0.224 e. The minimum Gasteiger partial charge on any atom is -0.391 e. The average Bonchev–Trinajstić information content (AvgIpc) is 3.08. The lowest BCUT2D eigenvalue weighted by Gasteiger charge is -2.43. The van der Waals surface area contributed by atoms with Crippen molar-refractivity contribution < 1.29 is 19.8 Å². The fourth-order valence-corrected chi connectivity index (χ4v) is 7.87. The van der Waals surface area contributed by atoms with Crippen LogP contribution in [-0.4, -0.2) is 45.5 Å². The van der Waals surface area contributed by atoms with Crippen LogP contribution in [0.4, 0.5) is 0 Å². The number of aliphatic hydroxyl groups excluding tert-OH is 1. The summed E-state index contributed by atoms with van der Waals surface area (Å²) in [5, 5.41) is 25.9. The molecule has 0 aromatic rings. The fourth-order valence-electron chi connectivity index (χ4n) is 7.67. The van der Waals surface area contributed by atoms with Crippen LogP contribution in [0.1, 0.15) is 39.0 Å². The molecule has 5 nitrogen and oxygen atoms in total. The lowest BCUT2D eigenvalue weighted by atomic mass is 9.60. The number of rotatable bonds is 3. The largest absolute Gasteiger partial charge is 0.391 e. The topological polar surface area (TPSA) is 86.6 Å². The molecule has 4 bridgehead atoms. The summed E-state index contributed by atoms with van der Waals surface area (Å²) in [5.74, 6) is -0.656. The highest BCUT2D eigenvalue weighted by atomic mass is 79.9. The quantitative estimate of drug-likeness (QED) is 0.454. The van der Waals surface area contributed by atoms with Crippen LogP contribution in [0.15, 0.2) is 23.8 Å². The van der Waals surface area contributed by atoms with Crippen molar-refractivity contribution in [3.05, 3.63) is 23.8 Å². The van der Waals surface area contributed by atoms with Crippen LogP contribution < -0.4 is 5.32 Å². The Morgan fingerprint density at radius 2 is 2.21 bits per heavy atom. The summed E-state index contributed by atoms with van der Waals surface area (Å²) in [6.45, 7) is 6.55. The fraction of sp³-hybridized carbons (Fsp3) is 0.727. The van der Waals surface area contributed by atoms with Gasteiger partial charge in [0, 0.05) is 30.1 Å². The SMILES string of the molecule is C=C1C[C@]23C[C@@]1(O)CC[C@H]2C1=C[C@H]2CC(=O)[C@@](C)(C1[C@@H]3C(=O)NCCBr)[C@H]2O. The molecule has 0 radical (unpaired) electrons. The molecule has 1 amide bonds. The average molecular weight is 450 g/mol. The molecule has 0 aromatic heterocycles. The molecule has 5 rings (SSSR count). The number of hydrogen-bond donors (Lipinski definition) is 3. The normalized spacial score (nSPS) is 51.0. The van der Waals surface area contributed by atoms with Crippen LogP contribution in [-0.2, 0) is 9.59 Å². The monoisotopic (exact) mass is 449 g/mol. The van der Waals surface area contributed by atoms with Gasteiger partial charge in [0.25, 0.3) is 0 Å². The van der Waals surface area contributed by atoms with E-state index < -0.39 is 28.5 Å². The first-order valence-corrected chi connectivity index (χ1v) is 11.5. The van der Waals surface area contributed by atoms with E-state index in [9.17, 15) is 19.8 Å². The summed E-state index contributed by atoms with van der Waals surface area (Å²) in [6.07, 6.45) is 4.39. The lowest BCUT2D eigenvalue weighted by Crippen LogP contribution is -2.52. The van der Waals surface area contributed by atoms with E-state index in [1.54, 1.807) is 0 Å². The molecule has 152 valence electrons. The highest BCUT2D eigenvalue weighted by Gasteiger charge is 2.74. The second-order valence-electron chi connectivity index (χ2n) is 9.93. The standard InChI is InChI=1S/C22H28BrNO4/c1-11-9-21-10-22(11,28)4-3-14(21)13-7-12-8-15(25)20(2,18(12)26)16(13)17(21)19(27)24-6-5-23/h7,12,14,16-18,26,28H,1,3-6,8-10H2,2H3,(H,24,27)/t12-,14-,16?,17+,18-,20-,21-,22-/m0/s1. The second kappa shape index (κ2) is 5.79. The number of Topliss-reactive ketones (excluding diaryl/α,β-unsaturated/α-hetero) is 1. The van der Waals surface area contributed by atoms with Crippen molar-refractivity contribution in [3.8, 4) is 0 Å². The first kappa shape index (κ1) is 19.0. The van der Waals surface area contributed by atoms with Crippen molar-refractivity contribution in [2.75, 3.05) is 11.9 Å². The number of hydrogen-bond acceptors (Lipinski definition) is 4. The molecule has 5 aliphatic rings. The summed E-state index contributed by atoms with van der Waals surface area (Å²) in [6, 6.07) is 0. The van der Waals surface area contributed by atoms with Gasteiger partial charge in [0.05, 0.1) is 23.0 Å². The van der Waals surface area contributed by atoms with E-state index in [1.807, 2.05) is 6.92 Å². The zero-order valence-corrected chi connectivity index (χ0v) is 17.8. The second-order valence-corrected chi connectivity index (χ2v) is 10.7. The zero-order chi connectivity index (χ0) is 20.1. The van der Waals surface area contributed by atoms with E-state index in [1.165, 1.54) is 5.57 Å². The highest BCUT2D eigenvalue weighted by Crippen LogP contribution is 2.74. The Morgan fingerprint density at radius 3 is 2.93 bits per heavy atom. The number of ketones is 1. The molecule has 6 heteroatoms. The van der Waals surface area contributed by atoms with Gasteiger partial charge in [-0.3, -0.25) is 9.59 Å². The maximum Gasteiger partial charge on any atom is 0.224 e. The molecule has 0 heterocycles. The van der Waals surface area contributed by atoms with Crippen molar-refractivity contribution in [3.63, 3.8) is 0 Å². The van der Waals surface area contributed by atoms with E-state index in [4.69, 9.17) is 0 Å². The van der Waals surface area contributed by atoms with E-state index in [0.717, 1.165) is 12.0 Å². The van der Waals surface area contributed by atoms with Crippen molar-refractivity contribution in [2.24, 2.45) is 34.5 Å². The van der Waals surface area contributed by atoms with Gasteiger partial charge in [-0.1, -0.05) is 34.2 Å². The van der Waals surface area contributed by atoms with Crippen LogP contribution in [0.5, 0.6) is 0 Å². The Bertz CT molecular complexity index is 823. The molecule has 0 aromatic carbocycles.